The summed E-state index contributed by atoms with van der Waals surface area (Å²) < 4.78 is 4.63. The molecular weight excluding hydrogens is 208 g/mol. The second-order valence-corrected chi connectivity index (χ2v) is 3.52. The molecule has 0 unspecified atom stereocenters. The zero-order valence-electron chi connectivity index (χ0n) is 8.43. The van der Waals surface area contributed by atoms with Gasteiger partial charge in [-0.2, -0.15) is 5.26 Å². The number of carbonyl (C=O) groups is 1. The third-order valence-electron chi connectivity index (χ3n) is 2.14. The van der Waals surface area contributed by atoms with Crippen LogP contribution in [-0.2, 0) is 0 Å². The topological polar surface area (TPSA) is 101 Å². The molecule has 1 fully saturated rings. The van der Waals surface area contributed by atoms with Crippen LogP contribution in [0.4, 0.5) is 10.5 Å². The predicted molar refractivity (Wildman–Crippen MR) is 55.8 cm³/mol. The van der Waals surface area contributed by atoms with Crippen LogP contribution < -0.4 is 15.8 Å². The second kappa shape index (κ2) is 4.06. The van der Waals surface area contributed by atoms with E-state index in [4.69, 9.17) is 11.0 Å². The van der Waals surface area contributed by atoms with Crippen LogP contribution >= 0.6 is 0 Å². The summed E-state index contributed by atoms with van der Waals surface area (Å²) in [6, 6.07) is 3.91. The smallest absolute Gasteiger partial charge is 0.391 e. The molecule has 0 aliphatic heterocycles. The molecule has 1 heterocycles. The number of nitriles is 1. The largest absolute Gasteiger partial charge is 0.411 e. The minimum atomic E-state index is -0.922. The van der Waals surface area contributed by atoms with Crippen molar-refractivity contribution in [2.24, 2.45) is 5.73 Å². The molecule has 0 bridgehead atoms. The maximum atomic E-state index is 10.5. The Morgan fingerprint density at radius 2 is 2.44 bits per heavy atom. The molecule has 2 rings (SSSR count). The number of ether oxygens (including phenoxy) is 1. The first kappa shape index (κ1) is 10.2. The van der Waals surface area contributed by atoms with Crippen LogP contribution in [0.1, 0.15) is 18.4 Å². The molecular formula is C10H10N4O2. The minimum absolute atomic E-state index is 0.0923. The van der Waals surface area contributed by atoms with E-state index in [1.54, 1.807) is 0 Å². The average molecular weight is 218 g/mol. The van der Waals surface area contributed by atoms with Gasteiger partial charge in [-0.25, -0.2) is 9.78 Å². The van der Waals surface area contributed by atoms with Gasteiger partial charge in [0.1, 0.15) is 6.07 Å². The van der Waals surface area contributed by atoms with E-state index in [0.29, 0.717) is 17.3 Å². The van der Waals surface area contributed by atoms with Crippen LogP contribution in [0.2, 0.25) is 0 Å². The highest BCUT2D eigenvalue weighted by Crippen LogP contribution is 2.28. The number of aromatic nitrogens is 1. The molecule has 1 aliphatic carbocycles. The quantitative estimate of drug-likeness (QED) is 0.787. The molecule has 0 spiro atoms. The van der Waals surface area contributed by atoms with Gasteiger partial charge >= 0.3 is 6.09 Å². The predicted octanol–water partition coefficient (Wildman–Crippen LogP) is 0.985. The SMILES string of the molecule is N#Cc1cnc(OC(N)=O)cc1NC1CC1. The lowest BCUT2D eigenvalue weighted by Gasteiger charge is -2.07. The van der Waals surface area contributed by atoms with E-state index in [0.717, 1.165) is 12.8 Å². The number of hydrogen-bond acceptors (Lipinski definition) is 5. The molecule has 0 aromatic carbocycles. The monoisotopic (exact) mass is 218 g/mol. The van der Waals surface area contributed by atoms with Crippen LogP contribution in [0, 0.1) is 11.3 Å². The Bertz CT molecular complexity index is 462. The molecule has 3 N–H and O–H groups in total. The summed E-state index contributed by atoms with van der Waals surface area (Å²) in [5, 5.41) is 12.0. The first-order valence-corrected chi connectivity index (χ1v) is 4.83. The number of nitrogens with one attached hydrogen (secondary N) is 1. The minimum Gasteiger partial charge on any atom is -0.391 e. The van der Waals surface area contributed by atoms with Gasteiger partial charge in [0.15, 0.2) is 0 Å². The lowest BCUT2D eigenvalue weighted by atomic mass is 10.2. The number of pyridine rings is 1. The Hall–Kier alpha value is -2.29. The summed E-state index contributed by atoms with van der Waals surface area (Å²) in [5.74, 6) is 0.0923. The van der Waals surface area contributed by atoms with Gasteiger partial charge in [-0.1, -0.05) is 0 Å². The maximum absolute atomic E-state index is 10.5. The van der Waals surface area contributed by atoms with Gasteiger partial charge in [0.05, 0.1) is 17.4 Å². The van der Waals surface area contributed by atoms with Crippen LogP contribution in [0.15, 0.2) is 12.3 Å². The van der Waals surface area contributed by atoms with Crippen molar-refractivity contribution >= 4 is 11.8 Å². The summed E-state index contributed by atoms with van der Waals surface area (Å²) in [4.78, 5) is 14.3. The third-order valence-corrected chi connectivity index (χ3v) is 2.14. The molecule has 0 radical (unpaired) electrons. The van der Waals surface area contributed by atoms with Crippen molar-refractivity contribution in [3.8, 4) is 11.9 Å². The van der Waals surface area contributed by atoms with Crippen molar-refractivity contribution < 1.29 is 9.53 Å². The third kappa shape index (κ3) is 2.39. The number of nitrogens with zero attached hydrogens (tertiary/aromatic N) is 2. The van der Waals surface area contributed by atoms with Gasteiger partial charge in [0.2, 0.25) is 5.88 Å². The van der Waals surface area contributed by atoms with E-state index in [1.807, 2.05) is 6.07 Å². The molecule has 6 nitrogen and oxygen atoms in total. The number of amides is 1. The van der Waals surface area contributed by atoms with Crippen LogP contribution in [-0.4, -0.2) is 17.1 Å². The van der Waals surface area contributed by atoms with E-state index in [-0.39, 0.29) is 5.88 Å². The van der Waals surface area contributed by atoms with Crippen LogP contribution in [0.5, 0.6) is 5.88 Å². The molecule has 6 heteroatoms. The van der Waals surface area contributed by atoms with Gasteiger partial charge in [-0.05, 0) is 12.8 Å². The van der Waals surface area contributed by atoms with E-state index >= 15 is 0 Å². The molecule has 1 aliphatic rings. The fraction of sp³-hybridized carbons (Fsp3) is 0.300. The Morgan fingerprint density at radius 1 is 1.69 bits per heavy atom. The van der Waals surface area contributed by atoms with Crippen molar-refractivity contribution in [1.29, 1.82) is 5.26 Å². The zero-order valence-corrected chi connectivity index (χ0v) is 8.43. The second-order valence-electron chi connectivity index (χ2n) is 3.52. The number of primary amides is 1. The highest BCUT2D eigenvalue weighted by molar-refractivity contribution is 5.68. The molecule has 1 amide bonds. The summed E-state index contributed by atoms with van der Waals surface area (Å²) in [6.07, 6.45) is 2.59. The number of anilines is 1. The number of hydrogen-bond donors (Lipinski definition) is 2. The number of nitrogens with two attached hydrogens (primary N) is 1. The van der Waals surface area contributed by atoms with E-state index in [1.165, 1.54) is 12.3 Å². The Kier molecular flexibility index (Phi) is 2.60. The Morgan fingerprint density at radius 3 is 3.00 bits per heavy atom. The number of carbonyl (C=O) groups excluding carboxylic acids is 1. The molecule has 1 aromatic rings. The standard InChI is InChI=1S/C10H10N4O2/c11-4-6-5-13-9(16-10(12)15)3-8(6)14-7-1-2-7/h3,5,7H,1-2H2,(H2,12,15)(H,13,14). The van der Waals surface area contributed by atoms with Gasteiger partial charge in [0, 0.05) is 12.1 Å². The van der Waals surface area contributed by atoms with E-state index in [2.05, 4.69) is 15.0 Å². The van der Waals surface area contributed by atoms with Crippen molar-refractivity contribution in [3.05, 3.63) is 17.8 Å². The molecule has 82 valence electrons. The van der Waals surface area contributed by atoms with Crippen molar-refractivity contribution in [2.45, 2.75) is 18.9 Å². The first-order valence-electron chi connectivity index (χ1n) is 4.83. The fourth-order valence-electron chi connectivity index (χ4n) is 1.25. The Balaban J connectivity index is 2.23. The first-order chi connectivity index (χ1) is 7.69. The van der Waals surface area contributed by atoms with Crippen molar-refractivity contribution in [2.75, 3.05) is 5.32 Å². The van der Waals surface area contributed by atoms with Crippen LogP contribution in [0.3, 0.4) is 0 Å². The lowest BCUT2D eigenvalue weighted by Crippen LogP contribution is -2.17. The van der Waals surface area contributed by atoms with Crippen LogP contribution in [0.25, 0.3) is 0 Å². The highest BCUT2D eigenvalue weighted by atomic mass is 16.6. The van der Waals surface area contributed by atoms with E-state index < -0.39 is 6.09 Å². The van der Waals surface area contributed by atoms with Crippen molar-refractivity contribution in [1.82, 2.24) is 4.98 Å². The zero-order chi connectivity index (χ0) is 11.5. The van der Waals surface area contributed by atoms with Crippen molar-refractivity contribution in [3.63, 3.8) is 0 Å². The Labute approximate surface area is 92.0 Å². The molecule has 0 atom stereocenters. The number of rotatable bonds is 3. The lowest BCUT2D eigenvalue weighted by molar-refractivity contribution is 0.209. The van der Waals surface area contributed by atoms with Gasteiger partial charge in [-0.3, -0.25) is 0 Å². The summed E-state index contributed by atoms with van der Waals surface area (Å²) >= 11 is 0. The maximum Gasteiger partial charge on any atom is 0.411 e. The normalized spacial score (nSPS) is 13.9. The molecule has 0 saturated heterocycles. The summed E-state index contributed by atoms with van der Waals surface area (Å²) in [7, 11) is 0. The highest BCUT2D eigenvalue weighted by Gasteiger charge is 2.22. The average Bonchev–Trinajstić information content (AvgIpc) is 3.01. The van der Waals surface area contributed by atoms with Gasteiger partial charge in [-0.15, -0.1) is 0 Å². The van der Waals surface area contributed by atoms with Gasteiger partial charge in [0.25, 0.3) is 0 Å². The summed E-state index contributed by atoms with van der Waals surface area (Å²) in [5.41, 5.74) is 5.91. The summed E-state index contributed by atoms with van der Waals surface area (Å²) in [6.45, 7) is 0. The molecule has 16 heavy (non-hydrogen) atoms. The fourth-order valence-corrected chi connectivity index (χ4v) is 1.25. The van der Waals surface area contributed by atoms with Gasteiger partial charge < -0.3 is 15.8 Å². The van der Waals surface area contributed by atoms with E-state index in [9.17, 15) is 4.79 Å². The molecule has 1 aromatic heterocycles. The molecule has 1 saturated carbocycles.